The zero-order valence-corrected chi connectivity index (χ0v) is 25.8. The van der Waals surface area contributed by atoms with Gasteiger partial charge in [0.15, 0.2) is 17.8 Å². The van der Waals surface area contributed by atoms with Crippen LogP contribution in [-0.4, -0.2) is 87.1 Å². The summed E-state index contributed by atoms with van der Waals surface area (Å²) in [5.74, 6) is -0.682. The first-order chi connectivity index (χ1) is 18.2. The lowest BCUT2D eigenvalue weighted by Crippen LogP contribution is -2.52. The topological polar surface area (TPSA) is 158 Å². The van der Waals surface area contributed by atoms with E-state index in [0.717, 1.165) is 0 Å². The van der Waals surface area contributed by atoms with Crippen molar-refractivity contribution in [2.75, 3.05) is 0 Å². The molecule has 40 heavy (non-hydrogen) atoms. The quantitative estimate of drug-likeness (QED) is 0.319. The Balaban J connectivity index is 0.000000161. The summed E-state index contributed by atoms with van der Waals surface area (Å²) in [5.41, 5.74) is -3.04. The molecule has 14 heteroatoms. The third kappa shape index (κ3) is 4.34. The fourth-order valence-corrected chi connectivity index (χ4v) is 9.96. The Morgan fingerprint density at radius 2 is 1.40 bits per heavy atom. The van der Waals surface area contributed by atoms with E-state index in [1.54, 1.807) is 41.5 Å². The lowest BCUT2D eigenvalue weighted by Gasteiger charge is -2.33. The van der Waals surface area contributed by atoms with Gasteiger partial charge in [-0.1, -0.05) is 13.8 Å². The van der Waals surface area contributed by atoms with Gasteiger partial charge in [-0.25, -0.2) is 0 Å². The predicted octanol–water partition coefficient (Wildman–Crippen LogP) is 1.99. The zero-order chi connectivity index (χ0) is 29.8. The summed E-state index contributed by atoms with van der Waals surface area (Å²) in [7, 11) is -7.21. The number of hydrogen-bond acceptors (Lipinski definition) is 12. The summed E-state index contributed by atoms with van der Waals surface area (Å²) >= 11 is 0. The molecule has 12 nitrogen and oxygen atoms in total. The molecule has 6 saturated heterocycles. The average Bonchev–Trinajstić information content (AvgIpc) is 3.62. The molecule has 0 aromatic rings. The van der Waals surface area contributed by atoms with Crippen molar-refractivity contribution in [3.8, 4) is 0 Å². The van der Waals surface area contributed by atoms with Gasteiger partial charge in [0.1, 0.15) is 34.4 Å². The largest absolute Gasteiger partial charge is 0.456 e. The molecule has 0 aliphatic carbocycles. The highest BCUT2D eigenvalue weighted by atomic mass is 32.2. The summed E-state index contributed by atoms with van der Waals surface area (Å²) in [5, 5.41) is -1.24. The minimum absolute atomic E-state index is 0.320. The Morgan fingerprint density at radius 3 is 1.95 bits per heavy atom. The van der Waals surface area contributed by atoms with Crippen molar-refractivity contribution in [1.29, 1.82) is 0 Å². The van der Waals surface area contributed by atoms with Crippen molar-refractivity contribution >= 4 is 32.2 Å². The van der Waals surface area contributed by atoms with E-state index in [9.17, 15) is 26.4 Å². The van der Waals surface area contributed by atoms with Crippen LogP contribution in [0.25, 0.3) is 0 Å². The van der Waals surface area contributed by atoms with Crippen LogP contribution in [0, 0.1) is 10.8 Å². The summed E-state index contributed by atoms with van der Waals surface area (Å²) in [6, 6.07) is 0. The highest BCUT2D eigenvalue weighted by Gasteiger charge is 2.74. The molecule has 6 aliphatic heterocycles. The molecule has 6 aliphatic rings. The van der Waals surface area contributed by atoms with Crippen LogP contribution in [-0.2, 0) is 57.1 Å². The van der Waals surface area contributed by atoms with Crippen molar-refractivity contribution in [2.24, 2.45) is 10.8 Å². The van der Waals surface area contributed by atoms with Crippen molar-refractivity contribution in [2.45, 2.75) is 139 Å². The minimum atomic E-state index is -3.62. The summed E-state index contributed by atoms with van der Waals surface area (Å²) < 4.78 is 80.5. The third-order valence-electron chi connectivity index (χ3n) is 9.82. The lowest BCUT2D eigenvalue weighted by atomic mass is 9.83. The van der Waals surface area contributed by atoms with Gasteiger partial charge in [0.05, 0.1) is 16.9 Å². The molecular formula is C26H40O12S2. The van der Waals surface area contributed by atoms with E-state index in [0.29, 0.717) is 25.7 Å². The summed E-state index contributed by atoms with van der Waals surface area (Å²) in [4.78, 5) is 24.4. The minimum Gasteiger partial charge on any atom is -0.456 e. The van der Waals surface area contributed by atoms with Crippen molar-refractivity contribution in [3.05, 3.63) is 0 Å². The van der Waals surface area contributed by atoms with E-state index in [1.165, 1.54) is 0 Å². The number of ether oxygens (including phenoxy) is 4. The highest BCUT2D eigenvalue weighted by molar-refractivity contribution is 7.88. The van der Waals surface area contributed by atoms with Crippen LogP contribution in [0.1, 0.15) is 81.1 Å². The predicted molar refractivity (Wildman–Crippen MR) is 139 cm³/mol. The SMILES string of the molecule is CCC(C)(C)C(=O)OC1C2CC3C(O2)C1(C)OS3(=O)=O.CCC(C)(C)C(=O)OC1C2OS(=O)(=O)C3CC1(C)OC23. The monoisotopic (exact) mass is 608 g/mol. The number of hydrogen-bond donors (Lipinski definition) is 0. The summed E-state index contributed by atoms with van der Waals surface area (Å²) in [6.45, 7) is 14.5. The van der Waals surface area contributed by atoms with E-state index < -0.39 is 83.3 Å². The molecule has 0 radical (unpaired) electrons. The fraction of sp³-hybridized carbons (Fsp3) is 0.923. The first kappa shape index (κ1) is 30.1. The molecule has 0 N–H and O–H groups in total. The van der Waals surface area contributed by atoms with Gasteiger partial charge in [0, 0.05) is 6.42 Å². The van der Waals surface area contributed by atoms with E-state index in [1.807, 2.05) is 13.8 Å². The molecule has 0 saturated carbocycles. The Morgan fingerprint density at radius 1 is 0.850 bits per heavy atom. The molecule has 0 spiro atoms. The maximum Gasteiger partial charge on any atom is 0.311 e. The van der Waals surface area contributed by atoms with Gasteiger partial charge in [-0.2, -0.15) is 16.8 Å². The number of carbonyl (C=O) groups excluding carboxylic acids is 2. The lowest BCUT2D eigenvalue weighted by molar-refractivity contribution is -0.171. The molecule has 6 rings (SSSR count). The molecule has 6 heterocycles. The van der Waals surface area contributed by atoms with Crippen molar-refractivity contribution in [1.82, 2.24) is 0 Å². The van der Waals surface area contributed by atoms with Gasteiger partial charge >= 0.3 is 11.9 Å². The maximum atomic E-state index is 12.2. The molecular weight excluding hydrogens is 568 g/mol. The van der Waals surface area contributed by atoms with Crippen molar-refractivity contribution < 1.29 is 53.7 Å². The van der Waals surface area contributed by atoms with Gasteiger partial charge in [-0.05, 0) is 60.8 Å². The van der Waals surface area contributed by atoms with Crippen LogP contribution in [0.15, 0.2) is 0 Å². The van der Waals surface area contributed by atoms with Gasteiger partial charge in [-0.3, -0.25) is 18.0 Å². The van der Waals surface area contributed by atoms with Crippen LogP contribution in [0.5, 0.6) is 0 Å². The smallest absolute Gasteiger partial charge is 0.311 e. The first-order valence-electron chi connectivity index (χ1n) is 13.8. The van der Waals surface area contributed by atoms with Gasteiger partial charge < -0.3 is 18.9 Å². The molecule has 10 unspecified atom stereocenters. The second-order valence-electron chi connectivity index (χ2n) is 13.4. The van der Waals surface area contributed by atoms with Crippen LogP contribution in [0.3, 0.4) is 0 Å². The van der Waals surface area contributed by atoms with E-state index in [2.05, 4.69) is 0 Å². The number of carbonyl (C=O) groups is 2. The number of esters is 2. The first-order valence-corrected chi connectivity index (χ1v) is 16.8. The Kier molecular flexibility index (Phi) is 6.85. The van der Waals surface area contributed by atoms with Crippen LogP contribution >= 0.6 is 0 Å². The van der Waals surface area contributed by atoms with E-state index >= 15 is 0 Å². The van der Waals surface area contributed by atoms with Gasteiger partial charge in [0.25, 0.3) is 20.2 Å². The van der Waals surface area contributed by atoms with Gasteiger partial charge in [0.2, 0.25) is 0 Å². The molecule has 0 aromatic heterocycles. The number of rotatable bonds is 6. The fourth-order valence-electron chi connectivity index (χ4n) is 6.34. The van der Waals surface area contributed by atoms with Gasteiger partial charge in [-0.15, -0.1) is 0 Å². The Bertz CT molecular complexity index is 1280. The Labute approximate surface area is 236 Å². The maximum absolute atomic E-state index is 12.2. The average molecular weight is 609 g/mol. The molecule has 6 fully saturated rings. The third-order valence-corrected chi connectivity index (χ3v) is 13.3. The molecule has 0 amide bonds. The van der Waals surface area contributed by atoms with Crippen LogP contribution in [0.4, 0.5) is 0 Å². The van der Waals surface area contributed by atoms with Crippen LogP contribution < -0.4 is 0 Å². The van der Waals surface area contributed by atoms with E-state index in [-0.39, 0.29) is 18.0 Å². The molecule has 10 atom stereocenters. The normalized spacial score (nSPS) is 44.8. The van der Waals surface area contributed by atoms with E-state index in [4.69, 9.17) is 27.3 Å². The molecule has 0 aromatic carbocycles. The standard InChI is InChI=1S/2C13H20O6S/c1-5-12(2,3)11(14)17-10-9-8-7(20(15,16)19-9)6-13(10,4)18-8;1-5-12(2,3)11(14)18-9-7-6-8-10(17-7)13(9,4)19-20(8,15)16/h2*7-10H,5-6H2,1-4H3. The highest BCUT2D eigenvalue weighted by Crippen LogP contribution is 2.55. The van der Waals surface area contributed by atoms with Crippen molar-refractivity contribution in [3.63, 3.8) is 0 Å². The molecule has 228 valence electrons. The second kappa shape index (κ2) is 9.09. The summed E-state index contributed by atoms with van der Waals surface area (Å²) in [6.07, 6.45) is -1.47. The molecule has 4 bridgehead atoms. The Hall–Kier alpha value is -1.32. The number of fused-ring (bicyclic) bond motifs is 2. The zero-order valence-electron chi connectivity index (χ0n) is 24.2. The second-order valence-corrected chi connectivity index (χ2v) is 17.0. The van der Waals surface area contributed by atoms with Crippen LogP contribution in [0.2, 0.25) is 0 Å².